The molecule has 76 valence electrons. The second-order valence-corrected chi connectivity index (χ2v) is 3.29. The first-order valence-electron chi connectivity index (χ1n) is 4.08. The predicted octanol–water partition coefficient (Wildman–Crippen LogP) is -0.0540. The molecule has 1 atom stereocenters. The number of carboxylic acids is 1. The highest BCUT2D eigenvalue weighted by Gasteiger charge is 2.22. The molecule has 1 aromatic heterocycles. The summed E-state index contributed by atoms with van der Waals surface area (Å²) < 4.78 is 0. The Morgan fingerprint density at radius 2 is 2.29 bits per heavy atom. The van der Waals surface area contributed by atoms with Gasteiger partial charge in [-0.2, -0.15) is 0 Å². The highest BCUT2D eigenvalue weighted by molar-refractivity contribution is 5.85. The third-order valence-corrected chi connectivity index (χ3v) is 1.88. The molecule has 1 rings (SSSR count). The minimum Gasteiger partial charge on any atom is -0.477 e. The van der Waals surface area contributed by atoms with E-state index in [9.17, 15) is 4.79 Å². The van der Waals surface area contributed by atoms with Crippen LogP contribution >= 0.6 is 0 Å². The molecule has 0 bridgehead atoms. The summed E-state index contributed by atoms with van der Waals surface area (Å²) in [4.78, 5) is 14.4. The SMILES string of the molecule is CC(N)(CO)c1cccc(C(=O)O)n1. The number of rotatable bonds is 3. The summed E-state index contributed by atoms with van der Waals surface area (Å²) in [5.41, 5.74) is 4.98. The number of carbonyl (C=O) groups is 1. The smallest absolute Gasteiger partial charge is 0.354 e. The van der Waals surface area contributed by atoms with Crippen LogP contribution in [0.15, 0.2) is 18.2 Å². The molecule has 1 heterocycles. The quantitative estimate of drug-likeness (QED) is 0.629. The average molecular weight is 196 g/mol. The second-order valence-electron chi connectivity index (χ2n) is 3.29. The number of aromatic carboxylic acids is 1. The molecule has 0 aromatic carbocycles. The van der Waals surface area contributed by atoms with Gasteiger partial charge in [0.05, 0.1) is 17.8 Å². The Morgan fingerprint density at radius 1 is 1.64 bits per heavy atom. The van der Waals surface area contributed by atoms with Crippen LogP contribution in [-0.2, 0) is 5.54 Å². The maximum Gasteiger partial charge on any atom is 0.354 e. The van der Waals surface area contributed by atoms with Crippen molar-refractivity contribution in [3.63, 3.8) is 0 Å². The summed E-state index contributed by atoms with van der Waals surface area (Å²) in [7, 11) is 0. The van der Waals surface area contributed by atoms with Crippen molar-refractivity contribution in [1.29, 1.82) is 0 Å². The molecule has 4 N–H and O–H groups in total. The first-order chi connectivity index (χ1) is 6.47. The molecule has 0 spiro atoms. The Balaban J connectivity index is 3.12. The molecule has 0 aliphatic heterocycles. The summed E-state index contributed by atoms with van der Waals surface area (Å²) >= 11 is 0. The van der Waals surface area contributed by atoms with Gasteiger partial charge in [-0.25, -0.2) is 9.78 Å². The van der Waals surface area contributed by atoms with Crippen molar-refractivity contribution >= 4 is 5.97 Å². The topological polar surface area (TPSA) is 96.4 Å². The van der Waals surface area contributed by atoms with E-state index >= 15 is 0 Å². The van der Waals surface area contributed by atoms with Crippen LogP contribution in [0.4, 0.5) is 0 Å². The lowest BCUT2D eigenvalue weighted by molar-refractivity contribution is 0.0689. The van der Waals surface area contributed by atoms with Crippen LogP contribution in [0.25, 0.3) is 0 Å². The molecular formula is C9H12N2O3. The number of aromatic nitrogens is 1. The molecule has 5 nitrogen and oxygen atoms in total. The fourth-order valence-corrected chi connectivity index (χ4v) is 0.953. The van der Waals surface area contributed by atoms with Crippen LogP contribution in [0.2, 0.25) is 0 Å². The molecule has 1 unspecified atom stereocenters. The van der Waals surface area contributed by atoms with Crippen LogP contribution in [-0.4, -0.2) is 27.8 Å². The number of carboxylic acid groups (broad SMARTS) is 1. The molecule has 0 fully saturated rings. The van der Waals surface area contributed by atoms with Gasteiger partial charge in [-0.1, -0.05) is 6.07 Å². The van der Waals surface area contributed by atoms with Crippen LogP contribution in [0.5, 0.6) is 0 Å². The van der Waals surface area contributed by atoms with E-state index in [-0.39, 0.29) is 12.3 Å². The van der Waals surface area contributed by atoms with Gasteiger partial charge in [-0.15, -0.1) is 0 Å². The van der Waals surface area contributed by atoms with Gasteiger partial charge >= 0.3 is 5.97 Å². The van der Waals surface area contributed by atoms with Crippen LogP contribution < -0.4 is 5.73 Å². The molecule has 0 saturated carbocycles. The van der Waals surface area contributed by atoms with E-state index in [0.29, 0.717) is 5.69 Å². The largest absolute Gasteiger partial charge is 0.477 e. The first-order valence-corrected chi connectivity index (χ1v) is 4.08. The molecule has 14 heavy (non-hydrogen) atoms. The highest BCUT2D eigenvalue weighted by atomic mass is 16.4. The Labute approximate surface area is 81.2 Å². The van der Waals surface area contributed by atoms with Crippen molar-refractivity contribution in [2.45, 2.75) is 12.5 Å². The summed E-state index contributed by atoms with van der Waals surface area (Å²) in [5.74, 6) is -1.11. The number of aliphatic hydroxyl groups excluding tert-OH is 1. The lowest BCUT2D eigenvalue weighted by atomic mass is 10.00. The second kappa shape index (κ2) is 3.73. The summed E-state index contributed by atoms with van der Waals surface area (Å²) in [6, 6.07) is 4.51. The number of nitrogens with zero attached hydrogens (tertiary/aromatic N) is 1. The van der Waals surface area contributed by atoms with Crippen molar-refractivity contribution in [1.82, 2.24) is 4.98 Å². The van der Waals surface area contributed by atoms with Gasteiger partial charge in [0.25, 0.3) is 0 Å². The molecular weight excluding hydrogens is 184 g/mol. The average Bonchev–Trinajstić information content (AvgIpc) is 2.18. The molecule has 0 radical (unpaired) electrons. The Bertz CT molecular complexity index is 350. The third kappa shape index (κ3) is 2.07. The Morgan fingerprint density at radius 3 is 2.79 bits per heavy atom. The Kier molecular flexibility index (Phi) is 2.83. The number of pyridine rings is 1. The van der Waals surface area contributed by atoms with Crippen LogP contribution in [0.3, 0.4) is 0 Å². The number of nitrogens with two attached hydrogens (primary N) is 1. The van der Waals surface area contributed by atoms with E-state index in [0.717, 1.165) is 0 Å². The zero-order valence-corrected chi connectivity index (χ0v) is 7.77. The molecule has 0 saturated heterocycles. The number of hydrogen-bond donors (Lipinski definition) is 3. The van der Waals surface area contributed by atoms with Crippen molar-refractivity contribution in [2.24, 2.45) is 5.73 Å². The fourth-order valence-electron chi connectivity index (χ4n) is 0.953. The monoisotopic (exact) mass is 196 g/mol. The zero-order valence-electron chi connectivity index (χ0n) is 7.77. The van der Waals surface area contributed by atoms with Crippen molar-refractivity contribution in [2.75, 3.05) is 6.61 Å². The number of aliphatic hydroxyl groups is 1. The fraction of sp³-hybridized carbons (Fsp3) is 0.333. The predicted molar refractivity (Wildman–Crippen MR) is 49.8 cm³/mol. The molecule has 1 aromatic rings. The summed E-state index contributed by atoms with van der Waals surface area (Å²) in [6.07, 6.45) is 0. The van der Waals surface area contributed by atoms with Crippen LogP contribution in [0.1, 0.15) is 23.1 Å². The highest BCUT2D eigenvalue weighted by Crippen LogP contribution is 2.14. The lowest BCUT2D eigenvalue weighted by Gasteiger charge is -2.20. The van der Waals surface area contributed by atoms with E-state index in [2.05, 4.69) is 4.98 Å². The zero-order chi connectivity index (χ0) is 10.8. The minimum atomic E-state index is -1.11. The lowest BCUT2D eigenvalue weighted by Crippen LogP contribution is -2.38. The van der Waals surface area contributed by atoms with Gasteiger partial charge in [-0.3, -0.25) is 0 Å². The summed E-state index contributed by atoms with van der Waals surface area (Å²) in [5, 5.41) is 17.6. The van der Waals surface area contributed by atoms with Crippen molar-refractivity contribution in [3.8, 4) is 0 Å². The Hall–Kier alpha value is -1.46. The maximum atomic E-state index is 10.6. The molecule has 0 amide bonds. The van der Waals surface area contributed by atoms with Gasteiger partial charge in [0.15, 0.2) is 0 Å². The number of hydrogen-bond acceptors (Lipinski definition) is 4. The van der Waals surface area contributed by atoms with E-state index in [4.69, 9.17) is 15.9 Å². The molecule has 0 aliphatic carbocycles. The van der Waals surface area contributed by atoms with E-state index in [1.807, 2.05) is 0 Å². The van der Waals surface area contributed by atoms with E-state index in [1.165, 1.54) is 6.07 Å². The minimum absolute atomic E-state index is 0.0763. The van der Waals surface area contributed by atoms with Crippen molar-refractivity contribution < 1.29 is 15.0 Å². The van der Waals surface area contributed by atoms with Gasteiger partial charge in [0, 0.05) is 0 Å². The van der Waals surface area contributed by atoms with Gasteiger partial charge in [0.2, 0.25) is 0 Å². The first kappa shape index (κ1) is 10.6. The van der Waals surface area contributed by atoms with Gasteiger partial charge in [-0.05, 0) is 19.1 Å². The van der Waals surface area contributed by atoms with E-state index in [1.54, 1.807) is 19.1 Å². The standard InChI is InChI=1S/C9H12N2O3/c1-9(10,5-12)7-4-2-3-6(11-7)8(13)14/h2-4,12H,5,10H2,1H3,(H,13,14). The maximum absolute atomic E-state index is 10.6. The van der Waals surface area contributed by atoms with Gasteiger partial charge in [0.1, 0.15) is 5.69 Å². The van der Waals surface area contributed by atoms with Crippen molar-refractivity contribution in [3.05, 3.63) is 29.6 Å². The van der Waals surface area contributed by atoms with E-state index < -0.39 is 11.5 Å². The summed E-state index contributed by atoms with van der Waals surface area (Å²) in [6.45, 7) is 1.30. The molecule has 0 aliphatic rings. The molecule has 5 heteroatoms. The van der Waals surface area contributed by atoms with Crippen LogP contribution in [0, 0.1) is 0 Å². The normalized spacial score (nSPS) is 14.8. The van der Waals surface area contributed by atoms with Gasteiger partial charge < -0.3 is 15.9 Å². The third-order valence-electron chi connectivity index (χ3n) is 1.88.